The number of anilines is 1. The van der Waals surface area contributed by atoms with Crippen LogP contribution in [0.15, 0.2) is 17.0 Å². The van der Waals surface area contributed by atoms with E-state index < -0.39 is 34.3 Å². The lowest BCUT2D eigenvalue weighted by molar-refractivity contribution is -0.131. The second-order valence-electron chi connectivity index (χ2n) is 4.20. The number of alkyl halides is 3. The Bertz CT molecular complexity index is 713. The predicted molar refractivity (Wildman–Crippen MR) is 89.0 cm³/mol. The van der Waals surface area contributed by atoms with Crippen LogP contribution in [0.5, 0.6) is 0 Å². The van der Waals surface area contributed by atoms with E-state index in [1.807, 2.05) is 0 Å². The van der Waals surface area contributed by atoms with Crippen molar-refractivity contribution in [3.05, 3.63) is 22.2 Å². The van der Waals surface area contributed by atoms with Crippen molar-refractivity contribution in [1.29, 1.82) is 0 Å². The van der Waals surface area contributed by atoms with E-state index in [0.717, 1.165) is 19.1 Å². The van der Waals surface area contributed by atoms with Crippen LogP contribution in [-0.2, 0) is 13.8 Å². The lowest BCUT2D eigenvalue weighted by atomic mass is 10.1. The summed E-state index contributed by atoms with van der Waals surface area (Å²) in [5.41, 5.74) is -2.49. The van der Waals surface area contributed by atoms with E-state index in [4.69, 9.17) is 68.7 Å². The standard InChI is InChI=1S/C10H7Cl6NO4S/c1-9(19,10(13,14)15)8(18)17-4-2-3-5(22(16,20)21)7(12)6(4)11/h2-3,19H,1H3,(H,17,18)/t9-/m1/s1. The summed E-state index contributed by atoms with van der Waals surface area (Å²) in [7, 11) is 1.05. The third-order valence-electron chi connectivity index (χ3n) is 2.55. The summed E-state index contributed by atoms with van der Waals surface area (Å²) in [5.74, 6) is -1.09. The molecule has 0 spiro atoms. The lowest BCUT2D eigenvalue weighted by Gasteiger charge is -2.29. The highest BCUT2D eigenvalue weighted by Gasteiger charge is 2.49. The Morgan fingerprint density at radius 2 is 1.68 bits per heavy atom. The number of hydrogen-bond acceptors (Lipinski definition) is 4. The maximum absolute atomic E-state index is 12.0. The lowest BCUT2D eigenvalue weighted by Crippen LogP contribution is -2.50. The van der Waals surface area contributed by atoms with Gasteiger partial charge < -0.3 is 10.4 Å². The Kier molecular flexibility index (Phi) is 6.19. The molecule has 22 heavy (non-hydrogen) atoms. The van der Waals surface area contributed by atoms with Crippen LogP contribution in [0.2, 0.25) is 10.0 Å². The molecule has 1 aromatic carbocycles. The third-order valence-corrected chi connectivity index (χ3v) is 6.01. The molecule has 5 nitrogen and oxygen atoms in total. The van der Waals surface area contributed by atoms with Gasteiger partial charge in [0.25, 0.3) is 15.0 Å². The minimum atomic E-state index is -4.12. The summed E-state index contributed by atoms with van der Waals surface area (Å²) < 4.78 is 20.2. The number of carbonyl (C=O) groups is 1. The van der Waals surface area contributed by atoms with Crippen LogP contribution in [0, 0.1) is 0 Å². The first kappa shape index (κ1) is 20.4. The maximum Gasteiger partial charge on any atom is 0.262 e. The number of benzene rings is 1. The first-order chi connectivity index (χ1) is 9.69. The van der Waals surface area contributed by atoms with Crippen LogP contribution < -0.4 is 5.32 Å². The van der Waals surface area contributed by atoms with Crippen molar-refractivity contribution >= 4 is 89.3 Å². The van der Waals surface area contributed by atoms with Crippen LogP contribution in [-0.4, -0.2) is 28.8 Å². The van der Waals surface area contributed by atoms with Gasteiger partial charge in [0.15, 0.2) is 5.60 Å². The van der Waals surface area contributed by atoms with Gasteiger partial charge in [0, 0.05) is 10.7 Å². The average molecular weight is 450 g/mol. The summed E-state index contributed by atoms with van der Waals surface area (Å²) >= 11 is 28.2. The molecule has 124 valence electrons. The monoisotopic (exact) mass is 447 g/mol. The van der Waals surface area contributed by atoms with Gasteiger partial charge in [-0.15, -0.1) is 0 Å². The molecule has 1 amide bonds. The second kappa shape index (κ2) is 6.69. The van der Waals surface area contributed by atoms with Crippen molar-refractivity contribution in [2.45, 2.75) is 21.2 Å². The minimum absolute atomic E-state index is 0.102. The molecule has 0 saturated heterocycles. The topological polar surface area (TPSA) is 83.5 Å². The number of rotatable bonds is 3. The van der Waals surface area contributed by atoms with Crippen molar-refractivity contribution in [3.63, 3.8) is 0 Å². The summed E-state index contributed by atoms with van der Waals surface area (Å²) in [6, 6.07) is 2.14. The quantitative estimate of drug-likeness (QED) is 0.540. The molecule has 0 radical (unpaired) electrons. The summed E-state index contributed by atoms with van der Waals surface area (Å²) in [4.78, 5) is 11.5. The molecule has 1 aromatic rings. The Hall–Kier alpha value is 0.340. The number of aliphatic hydroxyl groups is 1. The number of carbonyl (C=O) groups excluding carboxylic acids is 1. The fraction of sp³-hybridized carbons (Fsp3) is 0.300. The summed E-state index contributed by atoms with van der Waals surface area (Å²) in [6.45, 7) is 0.975. The van der Waals surface area contributed by atoms with E-state index in [1.54, 1.807) is 0 Å². The zero-order valence-corrected chi connectivity index (χ0v) is 15.9. The Balaban J connectivity index is 3.22. The molecule has 1 rings (SSSR count). The van der Waals surface area contributed by atoms with E-state index >= 15 is 0 Å². The SMILES string of the molecule is C[C@@](O)(C(=O)Nc1ccc(S(=O)(=O)Cl)c(Cl)c1Cl)C(Cl)(Cl)Cl. The van der Waals surface area contributed by atoms with Gasteiger partial charge in [-0.3, -0.25) is 4.79 Å². The Morgan fingerprint density at radius 1 is 1.18 bits per heavy atom. The van der Waals surface area contributed by atoms with Crippen molar-refractivity contribution < 1.29 is 18.3 Å². The van der Waals surface area contributed by atoms with Crippen molar-refractivity contribution in [3.8, 4) is 0 Å². The molecule has 12 heteroatoms. The molecule has 0 bridgehead atoms. The highest BCUT2D eigenvalue weighted by atomic mass is 35.7. The zero-order chi connectivity index (χ0) is 17.5. The fourth-order valence-corrected chi connectivity index (χ4v) is 3.24. The van der Waals surface area contributed by atoms with Crippen molar-refractivity contribution in [2.24, 2.45) is 0 Å². The van der Waals surface area contributed by atoms with Crippen LogP contribution in [0.4, 0.5) is 5.69 Å². The van der Waals surface area contributed by atoms with E-state index in [2.05, 4.69) is 5.32 Å². The molecule has 0 aliphatic heterocycles. The third kappa shape index (κ3) is 4.24. The number of nitrogens with one attached hydrogen (secondary N) is 1. The van der Waals surface area contributed by atoms with E-state index in [9.17, 15) is 18.3 Å². The van der Waals surface area contributed by atoms with Crippen molar-refractivity contribution in [2.75, 3.05) is 5.32 Å². The largest absolute Gasteiger partial charge is 0.376 e. The normalized spacial score (nSPS) is 15.3. The minimum Gasteiger partial charge on any atom is -0.376 e. The van der Waals surface area contributed by atoms with Crippen LogP contribution in [0.1, 0.15) is 6.92 Å². The fourth-order valence-electron chi connectivity index (χ4n) is 1.19. The van der Waals surface area contributed by atoms with Gasteiger partial charge in [0.1, 0.15) is 4.90 Å². The first-order valence-corrected chi connectivity index (χ1v) is 9.42. The molecule has 0 aliphatic rings. The summed E-state index contributed by atoms with van der Waals surface area (Å²) in [6.07, 6.45) is 0. The highest BCUT2D eigenvalue weighted by molar-refractivity contribution is 8.13. The average Bonchev–Trinajstić information content (AvgIpc) is 2.31. The molecule has 1 atom stereocenters. The van der Waals surface area contributed by atoms with Gasteiger partial charge in [-0.25, -0.2) is 8.42 Å². The highest BCUT2D eigenvalue weighted by Crippen LogP contribution is 2.40. The van der Waals surface area contributed by atoms with Gasteiger partial charge in [-0.2, -0.15) is 0 Å². The number of hydrogen-bond donors (Lipinski definition) is 2. The first-order valence-electron chi connectivity index (χ1n) is 5.23. The molecule has 0 fully saturated rings. The van der Waals surface area contributed by atoms with Gasteiger partial charge >= 0.3 is 0 Å². The van der Waals surface area contributed by atoms with E-state index in [0.29, 0.717) is 0 Å². The molecular formula is C10H7Cl6NO4S. The van der Waals surface area contributed by atoms with Gasteiger partial charge in [-0.1, -0.05) is 58.0 Å². The van der Waals surface area contributed by atoms with Crippen LogP contribution in [0.3, 0.4) is 0 Å². The van der Waals surface area contributed by atoms with Crippen molar-refractivity contribution in [1.82, 2.24) is 0 Å². The van der Waals surface area contributed by atoms with Crippen LogP contribution >= 0.6 is 68.7 Å². The smallest absolute Gasteiger partial charge is 0.262 e. The van der Waals surface area contributed by atoms with Gasteiger partial charge in [0.05, 0.1) is 15.7 Å². The van der Waals surface area contributed by atoms with Crippen LogP contribution in [0.25, 0.3) is 0 Å². The van der Waals surface area contributed by atoms with E-state index in [1.165, 1.54) is 0 Å². The number of halogens is 6. The molecule has 2 N–H and O–H groups in total. The van der Waals surface area contributed by atoms with Gasteiger partial charge in [0.2, 0.25) is 3.79 Å². The molecular weight excluding hydrogens is 443 g/mol. The second-order valence-corrected chi connectivity index (χ2v) is 9.77. The van der Waals surface area contributed by atoms with E-state index in [-0.39, 0.29) is 10.7 Å². The molecule has 0 unspecified atom stereocenters. The Labute approximate surface area is 155 Å². The predicted octanol–water partition coefficient (Wildman–Crippen LogP) is 3.98. The molecule has 0 aromatic heterocycles. The Morgan fingerprint density at radius 3 is 2.09 bits per heavy atom. The zero-order valence-electron chi connectivity index (χ0n) is 10.5. The number of amides is 1. The van der Waals surface area contributed by atoms with Gasteiger partial charge in [-0.05, 0) is 19.1 Å². The molecule has 0 saturated carbocycles. The maximum atomic E-state index is 12.0. The summed E-state index contributed by atoms with van der Waals surface area (Å²) in [5, 5.41) is 11.4. The molecule has 0 aliphatic carbocycles. The molecule has 0 heterocycles.